The number of nitrogens with zero attached hydrogens (tertiary/aromatic N) is 10. The fourth-order valence-corrected chi connectivity index (χ4v) is 3.63. The molecule has 0 unspecified atom stereocenters. The number of benzene rings is 1. The summed E-state index contributed by atoms with van der Waals surface area (Å²) < 4.78 is 122. The van der Waals surface area contributed by atoms with E-state index in [0.717, 1.165) is 28.1 Å². The molecule has 1 N–H and O–H groups in total. The predicted octanol–water partition coefficient (Wildman–Crippen LogP) is 0.968. The maximum absolute atomic E-state index is 14.0. The van der Waals surface area contributed by atoms with Gasteiger partial charge >= 0.3 is 0 Å². The average molecular weight is 528 g/mol. The summed E-state index contributed by atoms with van der Waals surface area (Å²) in [5.41, 5.74) is -0.871. The Balaban J connectivity index is 1.47. The lowest BCUT2D eigenvalue weighted by atomic mass is 10.1. The summed E-state index contributed by atoms with van der Waals surface area (Å²) >= 11 is 0. The number of amides is 1. The summed E-state index contributed by atoms with van der Waals surface area (Å²) in [6.45, 7) is -17.8. The predicted molar refractivity (Wildman–Crippen MR) is 135 cm³/mol. The van der Waals surface area contributed by atoms with E-state index in [2.05, 4.69) is 35.6 Å². The van der Waals surface area contributed by atoms with Crippen LogP contribution in [-0.4, -0.2) is 94.6 Å². The van der Waals surface area contributed by atoms with E-state index in [-0.39, 0.29) is 21.9 Å². The smallest absolute Gasteiger partial charge is 0.295 e. The molecule has 14 nitrogen and oxygen atoms in total. The molecule has 0 bridgehead atoms. The number of ether oxygens (including phenoxy) is 1. The molecule has 1 saturated heterocycles. The number of carbonyl (C=O) groups excluding carboxylic acids is 2. The van der Waals surface area contributed by atoms with Crippen LogP contribution >= 0.6 is 0 Å². The number of para-hydroxylation sites is 1. The highest BCUT2D eigenvalue weighted by atomic mass is 16.5. The number of fused-ring (bicyclic) bond motifs is 1. The van der Waals surface area contributed by atoms with Crippen molar-refractivity contribution < 1.29 is 33.5 Å². The number of H-pyrrole nitrogens is 1. The largest absolute Gasteiger partial charge is 0.494 e. The third kappa shape index (κ3) is 3.91. The molecule has 0 aliphatic carbocycles. The van der Waals surface area contributed by atoms with Gasteiger partial charge in [0.1, 0.15) is 17.9 Å². The molecular formula is C24H23N11O3. The third-order valence-electron chi connectivity index (χ3n) is 5.32. The number of carbonyl (C=O) groups is 2. The Labute approximate surface area is 235 Å². The van der Waals surface area contributed by atoms with Gasteiger partial charge in [0, 0.05) is 36.3 Å². The SMILES string of the molecule is [2H]C([2H])([2H])Oc1cnc(-n2cnc(C([2H])([2H])[2H])n2)c2[nH]cc(C(=O)C(=O)N3C([2H])([2H])C([2H])([2H])N(c4nnnn4-c4ccccc4)C([2H])([2H])C3([2H])[2H])c12. The maximum Gasteiger partial charge on any atom is 0.295 e. The van der Waals surface area contributed by atoms with Crippen LogP contribution in [0.3, 0.4) is 0 Å². The van der Waals surface area contributed by atoms with E-state index in [1.807, 2.05) is 0 Å². The highest BCUT2D eigenvalue weighted by molar-refractivity contribution is 6.45. The lowest BCUT2D eigenvalue weighted by Gasteiger charge is -2.34. The van der Waals surface area contributed by atoms with E-state index in [9.17, 15) is 9.59 Å². The first kappa shape index (κ1) is 12.4. The molecule has 14 heteroatoms. The van der Waals surface area contributed by atoms with Gasteiger partial charge in [-0.2, -0.15) is 9.78 Å². The Hall–Kier alpha value is -5.14. The minimum absolute atomic E-state index is 0.00118. The molecule has 192 valence electrons. The zero-order chi connectivity index (χ0) is 38.4. The lowest BCUT2D eigenvalue weighted by molar-refractivity contribution is -0.126. The second-order valence-corrected chi connectivity index (χ2v) is 7.49. The quantitative estimate of drug-likeness (QED) is 0.250. The molecule has 1 fully saturated rings. The summed E-state index contributed by atoms with van der Waals surface area (Å²) in [6.07, 6.45) is 2.59. The first-order valence-corrected chi connectivity index (χ1v) is 10.6. The van der Waals surface area contributed by atoms with Crippen LogP contribution in [0.25, 0.3) is 22.4 Å². The molecule has 0 atom stereocenters. The van der Waals surface area contributed by atoms with Crippen LogP contribution in [0.4, 0.5) is 5.95 Å². The number of methoxy groups -OCH3 is 1. The van der Waals surface area contributed by atoms with Gasteiger partial charge in [0.25, 0.3) is 11.7 Å². The number of rotatable bonds is 6. The topological polar surface area (TPSA) is 153 Å². The number of hydrogen-bond acceptors (Lipinski definition) is 10. The van der Waals surface area contributed by atoms with Gasteiger partial charge in [0.05, 0.1) is 50.5 Å². The lowest BCUT2D eigenvalue weighted by Crippen LogP contribution is -2.51. The van der Waals surface area contributed by atoms with Gasteiger partial charge in [-0.1, -0.05) is 23.3 Å². The second-order valence-electron chi connectivity index (χ2n) is 7.49. The monoisotopic (exact) mass is 527 g/mol. The Kier molecular flexibility index (Phi) is 3.06. The third-order valence-corrected chi connectivity index (χ3v) is 5.32. The number of hydrogen-bond donors (Lipinski definition) is 1. The van der Waals surface area contributed by atoms with Crippen molar-refractivity contribution in [1.29, 1.82) is 0 Å². The van der Waals surface area contributed by atoms with Crippen molar-refractivity contribution in [1.82, 2.24) is 49.8 Å². The number of nitrogens with one attached hydrogen (secondary N) is 1. The van der Waals surface area contributed by atoms with Gasteiger partial charge in [-0.05, 0) is 29.4 Å². The average Bonchev–Trinajstić information content (AvgIpc) is 3.80. The zero-order valence-corrected chi connectivity index (χ0v) is 18.8. The zero-order valence-electron chi connectivity index (χ0n) is 32.8. The standard InChI is InChI=1S/C24H23N11O3/c1-15-27-14-34(29-15)22-20-19(18(38-2)13-26-22)17(12-25-20)21(36)23(37)32-8-10-33(11-9-32)24-28-30-31-35(24)16-6-4-3-5-7-16/h3-7,12-14,25H,8-11H2,1-2H3/i1D3,2D3,8D2,9D2,10D2,11D2. The van der Waals surface area contributed by atoms with Crippen molar-refractivity contribution in [2.24, 2.45) is 0 Å². The van der Waals surface area contributed by atoms with E-state index >= 15 is 0 Å². The van der Waals surface area contributed by atoms with Gasteiger partial charge in [-0.15, -0.1) is 0 Å². The molecule has 5 heterocycles. The van der Waals surface area contributed by atoms with Crippen molar-refractivity contribution in [3.8, 4) is 17.3 Å². The second kappa shape index (κ2) is 9.38. The van der Waals surface area contributed by atoms with Crippen molar-refractivity contribution in [2.75, 3.05) is 37.9 Å². The minimum atomic E-state index is -3.86. The molecule has 0 saturated carbocycles. The molecule has 38 heavy (non-hydrogen) atoms. The Bertz CT molecular complexity index is 2170. The van der Waals surface area contributed by atoms with E-state index in [1.54, 1.807) is 18.2 Å². The Morgan fingerprint density at radius 3 is 2.74 bits per heavy atom. The molecule has 0 radical (unpaired) electrons. The number of aryl methyl sites for hydroxylation is 1. The van der Waals surface area contributed by atoms with Crippen molar-refractivity contribution in [2.45, 2.75) is 6.85 Å². The van der Waals surface area contributed by atoms with Crippen LogP contribution in [0.15, 0.2) is 49.1 Å². The molecule has 1 aromatic carbocycles. The van der Waals surface area contributed by atoms with Crippen LogP contribution in [0, 0.1) is 6.85 Å². The fraction of sp³-hybridized carbons (Fsp3) is 0.250. The van der Waals surface area contributed by atoms with Crippen LogP contribution in [-0.2, 0) is 4.79 Å². The highest BCUT2D eigenvalue weighted by Crippen LogP contribution is 2.32. The molecule has 1 amide bonds. The summed E-state index contributed by atoms with van der Waals surface area (Å²) in [5.74, 6) is -6.15. The number of anilines is 1. The van der Waals surface area contributed by atoms with Gasteiger partial charge < -0.3 is 19.5 Å². The van der Waals surface area contributed by atoms with Crippen LogP contribution in [0.1, 0.15) is 35.4 Å². The Morgan fingerprint density at radius 1 is 1.13 bits per heavy atom. The van der Waals surface area contributed by atoms with Gasteiger partial charge in [0.15, 0.2) is 5.82 Å². The first-order chi connectivity index (χ1) is 23.9. The molecular weight excluding hydrogens is 490 g/mol. The van der Waals surface area contributed by atoms with E-state index in [1.165, 1.54) is 12.1 Å². The number of tetrazole rings is 1. The summed E-state index contributed by atoms with van der Waals surface area (Å²) in [6, 6.07) is 7.62. The molecule has 6 rings (SSSR count). The van der Waals surface area contributed by atoms with Crippen LogP contribution < -0.4 is 9.64 Å². The highest BCUT2D eigenvalue weighted by Gasteiger charge is 2.31. The number of piperazine rings is 1. The molecule has 1 aliphatic heterocycles. The van der Waals surface area contributed by atoms with Gasteiger partial charge in [-0.25, -0.2) is 14.6 Å². The van der Waals surface area contributed by atoms with Gasteiger partial charge in [0.2, 0.25) is 5.95 Å². The minimum Gasteiger partial charge on any atom is -0.494 e. The van der Waals surface area contributed by atoms with E-state index in [0.29, 0.717) is 0 Å². The van der Waals surface area contributed by atoms with Crippen LogP contribution in [0.5, 0.6) is 5.75 Å². The van der Waals surface area contributed by atoms with E-state index < -0.39 is 84.9 Å². The molecule has 1 aliphatic rings. The summed E-state index contributed by atoms with van der Waals surface area (Å²) in [7, 11) is -3.16. The Morgan fingerprint density at radius 2 is 1.97 bits per heavy atom. The van der Waals surface area contributed by atoms with Crippen molar-refractivity contribution in [3.63, 3.8) is 0 Å². The van der Waals surface area contributed by atoms with Crippen molar-refractivity contribution >= 4 is 28.5 Å². The summed E-state index contributed by atoms with van der Waals surface area (Å²) in [4.78, 5) is 37.8. The number of pyridine rings is 1. The normalized spacial score (nSPS) is 25.2. The van der Waals surface area contributed by atoms with Crippen LogP contribution in [0.2, 0.25) is 0 Å². The number of ketones is 1. The molecule has 4 aromatic heterocycles. The van der Waals surface area contributed by atoms with E-state index in [4.69, 9.17) is 23.9 Å². The molecule has 0 spiro atoms. The molecule has 5 aromatic rings. The maximum atomic E-state index is 14.0. The van der Waals surface area contributed by atoms with Gasteiger partial charge in [-0.3, -0.25) is 9.59 Å². The number of aromatic nitrogens is 9. The fourth-order valence-electron chi connectivity index (χ4n) is 3.63. The van der Waals surface area contributed by atoms with Crippen molar-refractivity contribution in [3.05, 3.63) is 60.4 Å². The summed E-state index contributed by atoms with van der Waals surface area (Å²) in [5, 5.41) is 14.1. The number of Topliss-reactive ketones (excluding diaryl/α,β-unsaturated/α-hetero) is 1. The first-order valence-electron chi connectivity index (χ1n) is 17.6. The number of aromatic amines is 1.